The molecule has 0 amide bonds. The topological polar surface area (TPSA) is 129 Å². The van der Waals surface area contributed by atoms with Crippen LogP contribution < -0.4 is 5.32 Å². The van der Waals surface area contributed by atoms with E-state index >= 15 is 4.39 Å². The van der Waals surface area contributed by atoms with Gasteiger partial charge in [0.25, 0.3) is 0 Å². The van der Waals surface area contributed by atoms with Crippen LogP contribution in [-0.2, 0) is 16.3 Å². The monoisotopic (exact) mass is 587 g/mol. The summed E-state index contributed by atoms with van der Waals surface area (Å²) >= 11 is 0. The zero-order valence-electron chi connectivity index (χ0n) is 23.0. The van der Waals surface area contributed by atoms with E-state index in [1.165, 1.54) is 18.2 Å². The lowest BCUT2D eigenvalue weighted by Crippen LogP contribution is -2.09. The fourth-order valence-corrected chi connectivity index (χ4v) is 5.54. The van der Waals surface area contributed by atoms with Crippen LogP contribution in [0, 0.1) is 11.6 Å². The summed E-state index contributed by atoms with van der Waals surface area (Å²) in [5.74, 6) is -0.593. The van der Waals surface area contributed by atoms with Crippen molar-refractivity contribution in [2.45, 2.75) is 26.3 Å². The lowest BCUT2D eigenvalue weighted by atomic mass is 10.0. The molecule has 2 aromatic carbocycles. The van der Waals surface area contributed by atoms with Gasteiger partial charge in [0.1, 0.15) is 32.7 Å². The zero-order valence-corrected chi connectivity index (χ0v) is 23.9. The molecule has 6 rings (SSSR count). The Bertz CT molecular complexity index is 2070. The van der Waals surface area contributed by atoms with E-state index in [1.54, 1.807) is 36.8 Å². The Labute approximate surface area is 240 Å². The SMILES string of the molecule is CC(C)Nc1cncc(-c2cc3c(-c4nc5c(-c6cc(F)cc(CCS(C)(=O)=O)c6)nccc5[nH]4)n[nH]c3cc2F)c1. The fraction of sp³-hybridized carbons (Fsp3) is 0.200. The first-order valence-electron chi connectivity index (χ1n) is 13.3. The Morgan fingerprint density at radius 3 is 2.60 bits per heavy atom. The average molecular weight is 588 g/mol. The Balaban J connectivity index is 1.42. The molecule has 0 unspecified atom stereocenters. The molecule has 0 bridgehead atoms. The minimum atomic E-state index is -3.21. The van der Waals surface area contributed by atoms with Crippen LogP contribution in [0.1, 0.15) is 19.4 Å². The molecule has 0 aliphatic heterocycles. The second-order valence-electron chi connectivity index (χ2n) is 10.6. The van der Waals surface area contributed by atoms with Gasteiger partial charge in [0.15, 0.2) is 5.82 Å². The third kappa shape index (κ3) is 5.57. The van der Waals surface area contributed by atoms with Crippen molar-refractivity contribution in [1.82, 2.24) is 30.1 Å². The van der Waals surface area contributed by atoms with Crippen molar-refractivity contribution in [2.24, 2.45) is 0 Å². The van der Waals surface area contributed by atoms with E-state index < -0.39 is 21.5 Å². The number of nitrogens with zero attached hydrogens (tertiary/aromatic N) is 4. The van der Waals surface area contributed by atoms with Gasteiger partial charge in [-0.05, 0) is 62.2 Å². The van der Waals surface area contributed by atoms with Crippen molar-refractivity contribution >= 4 is 37.5 Å². The number of rotatable bonds is 8. The molecule has 0 saturated heterocycles. The molecular weight excluding hydrogens is 560 g/mol. The quantitative estimate of drug-likeness (QED) is 0.202. The summed E-state index contributed by atoms with van der Waals surface area (Å²) in [7, 11) is -3.21. The molecule has 0 spiro atoms. The normalized spacial score (nSPS) is 12.0. The summed E-state index contributed by atoms with van der Waals surface area (Å²) in [6.07, 6.45) is 6.21. The maximum atomic E-state index is 15.2. The largest absolute Gasteiger partial charge is 0.382 e. The number of aromatic nitrogens is 6. The Morgan fingerprint density at radius 2 is 1.81 bits per heavy atom. The van der Waals surface area contributed by atoms with Crippen molar-refractivity contribution in [1.29, 1.82) is 0 Å². The Hall–Kier alpha value is -4.71. The van der Waals surface area contributed by atoms with Gasteiger partial charge in [-0.15, -0.1) is 0 Å². The first-order valence-corrected chi connectivity index (χ1v) is 15.3. The van der Waals surface area contributed by atoms with Crippen LogP contribution in [-0.4, -0.2) is 56.6 Å². The van der Waals surface area contributed by atoms with Crippen molar-refractivity contribution in [3.05, 3.63) is 78.3 Å². The molecule has 0 atom stereocenters. The van der Waals surface area contributed by atoms with Crippen LogP contribution in [0.15, 0.2) is 61.1 Å². The highest BCUT2D eigenvalue weighted by Gasteiger charge is 2.19. The van der Waals surface area contributed by atoms with Gasteiger partial charge in [-0.3, -0.25) is 15.1 Å². The van der Waals surface area contributed by atoms with Gasteiger partial charge in [-0.25, -0.2) is 22.2 Å². The number of pyridine rings is 2. The molecule has 214 valence electrons. The van der Waals surface area contributed by atoms with Gasteiger partial charge in [-0.1, -0.05) is 0 Å². The highest BCUT2D eigenvalue weighted by atomic mass is 32.2. The predicted molar refractivity (Wildman–Crippen MR) is 160 cm³/mol. The van der Waals surface area contributed by atoms with E-state index in [-0.39, 0.29) is 18.2 Å². The number of benzene rings is 2. The molecule has 42 heavy (non-hydrogen) atoms. The summed E-state index contributed by atoms with van der Waals surface area (Å²) in [5.41, 5.74) is 5.31. The molecule has 12 heteroatoms. The van der Waals surface area contributed by atoms with Crippen LogP contribution in [0.3, 0.4) is 0 Å². The molecule has 6 aromatic rings. The number of fused-ring (bicyclic) bond motifs is 2. The number of aryl methyl sites for hydroxylation is 1. The standard InChI is InChI=1S/C30H27F2N7O2S/c1-16(2)35-21-11-19(14-33-15-21)22-12-23-26(13-24(22)32)38-39-28(23)30-36-25-4-6-34-27(29(25)37-30)18-8-17(9-20(31)10-18)5-7-42(3,40)41/h4,6,8-16,35H,5,7H2,1-3H3,(H,36,37)(H,38,39). The van der Waals surface area contributed by atoms with Gasteiger partial charge >= 0.3 is 0 Å². The van der Waals surface area contributed by atoms with Crippen molar-refractivity contribution in [3.8, 4) is 33.9 Å². The van der Waals surface area contributed by atoms with E-state index in [1.807, 2.05) is 19.9 Å². The second kappa shape index (κ2) is 10.6. The minimum absolute atomic E-state index is 0.0938. The number of sulfone groups is 1. The van der Waals surface area contributed by atoms with Crippen LogP contribution in [0.25, 0.3) is 55.8 Å². The number of halogens is 2. The molecule has 0 radical (unpaired) electrons. The van der Waals surface area contributed by atoms with E-state index in [0.29, 0.717) is 61.4 Å². The lowest BCUT2D eigenvalue weighted by Gasteiger charge is -2.11. The minimum Gasteiger partial charge on any atom is -0.382 e. The Kier molecular flexibility index (Phi) is 6.93. The first kappa shape index (κ1) is 27.5. The molecule has 0 fully saturated rings. The summed E-state index contributed by atoms with van der Waals surface area (Å²) in [6.45, 7) is 4.02. The van der Waals surface area contributed by atoms with Crippen LogP contribution in [0.5, 0.6) is 0 Å². The third-order valence-corrected chi connectivity index (χ3v) is 7.72. The summed E-state index contributed by atoms with van der Waals surface area (Å²) in [5, 5.41) is 11.2. The molecule has 0 aliphatic rings. The maximum Gasteiger partial charge on any atom is 0.159 e. The number of nitrogens with one attached hydrogen (secondary N) is 3. The average Bonchev–Trinajstić information content (AvgIpc) is 3.54. The molecule has 3 N–H and O–H groups in total. The highest BCUT2D eigenvalue weighted by molar-refractivity contribution is 7.90. The first-order chi connectivity index (χ1) is 20.0. The summed E-state index contributed by atoms with van der Waals surface area (Å²) in [4.78, 5) is 16.8. The number of hydrogen-bond acceptors (Lipinski definition) is 7. The van der Waals surface area contributed by atoms with Gasteiger partial charge in [0, 0.05) is 59.0 Å². The molecule has 4 aromatic heterocycles. The van der Waals surface area contributed by atoms with Gasteiger partial charge in [0.05, 0.1) is 28.2 Å². The van der Waals surface area contributed by atoms with Crippen molar-refractivity contribution in [3.63, 3.8) is 0 Å². The molecule has 0 aliphatic carbocycles. The molecule has 0 saturated carbocycles. The highest BCUT2D eigenvalue weighted by Crippen LogP contribution is 2.34. The molecule has 9 nitrogen and oxygen atoms in total. The van der Waals surface area contributed by atoms with E-state index in [2.05, 4.69) is 30.5 Å². The molecule has 4 heterocycles. The van der Waals surface area contributed by atoms with Gasteiger partial charge in [-0.2, -0.15) is 5.10 Å². The van der Waals surface area contributed by atoms with Crippen LogP contribution in [0.4, 0.5) is 14.5 Å². The Morgan fingerprint density at radius 1 is 0.976 bits per heavy atom. The van der Waals surface area contributed by atoms with Crippen molar-refractivity contribution < 1.29 is 17.2 Å². The van der Waals surface area contributed by atoms with Crippen LogP contribution >= 0.6 is 0 Å². The number of imidazole rings is 1. The van der Waals surface area contributed by atoms with E-state index in [9.17, 15) is 12.8 Å². The van der Waals surface area contributed by atoms with Gasteiger partial charge in [0.2, 0.25) is 0 Å². The van der Waals surface area contributed by atoms with E-state index in [4.69, 9.17) is 4.98 Å². The number of anilines is 1. The number of aromatic amines is 2. The zero-order chi connectivity index (χ0) is 29.6. The smallest absolute Gasteiger partial charge is 0.159 e. The lowest BCUT2D eigenvalue weighted by molar-refractivity contribution is 0.600. The van der Waals surface area contributed by atoms with Crippen molar-refractivity contribution in [2.75, 3.05) is 17.3 Å². The fourth-order valence-electron chi connectivity index (χ4n) is 4.93. The van der Waals surface area contributed by atoms with E-state index in [0.717, 1.165) is 11.9 Å². The molecular formula is C30H27F2N7O2S. The predicted octanol–water partition coefficient (Wildman–Crippen LogP) is 5.92. The van der Waals surface area contributed by atoms with Gasteiger partial charge < -0.3 is 10.3 Å². The summed E-state index contributed by atoms with van der Waals surface area (Å²) < 4.78 is 53.1. The maximum absolute atomic E-state index is 15.2. The third-order valence-electron chi connectivity index (χ3n) is 6.77. The second-order valence-corrected chi connectivity index (χ2v) is 12.8. The number of hydrogen-bond donors (Lipinski definition) is 3. The van der Waals surface area contributed by atoms with Crippen LogP contribution in [0.2, 0.25) is 0 Å². The number of H-pyrrole nitrogens is 2. The summed E-state index contributed by atoms with van der Waals surface area (Å²) in [6, 6.07) is 11.3.